The van der Waals surface area contributed by atoms with Crippen molar-refractivity contribution in [3.63, 3.8) is 0 Å². The maximum absolute atomic E-state index is 12.1. The Hall–Kier alpha value is -3.94. The van der Waals surface area contributed by atoms with Crippen molar-refractivity contribution >= 4 is 92.1 Å². The van der Waals surface area contributed by atoms with Crippen molar-refractivity contribution in [3.8, 4) is 0 Å². The fourth-order valence-electron chi connectivity index (χ4n) is 9.47. The van der Waals surface area contributed by atoms with Gasteiger partial charge in [0.2, 0.25) is 5.91 Å². The summed E-state index contributed by atoms with van der Waals surface area (Å²) in [6, 6.07) is 31.4. The largest absolute Gasteiger partial charge is 0.477 e. The fraction of sp³-hybridized carbons (Fsp3) is 0.347. The smallest absolute Gasteiger partial charge is 0.344 e. The fourth-order valence-corrected chi connectivity index (χ4v) is 12.7. The molecule has 0 spiro atoms. The highest BCUT2D eigenvalue weighted by molar-refractivity contribution is 8.18. The van der Waals surface area contributed by atoms with Crippen LogP contribution in [-0.4, -0.2) is 67.7 Å². The van der Waals surface area contributed by atoms with Crippen molar-refractivity contribution in [2.45, 2.75) is 77.7 Å². The number of nitrogens with one attached hydrogen (secondary N) is 1. The number of nitrogens with zero attached hydrogens (tertiary/aromatic N) is 5. The SMILES string of the molecule is CC(C)C1=C(C(=O)O)SC2=N[C@@](C)(c3ccc(Cl)cc3)[C@@H](c3ccc(Cl)cc3)N21.CC(C)C1=C(C(C)N2CCNC(=O)C2)SC2=N[C@@](C)(c3ccc(Cl)cc3)[C@@H](c3ccc(Cl)cc3)N21. The summed E-state index contributed by atoms with van der Waals surface area (Å²) in [5.74, 6) is -0.513. The molecule has 1 saturated heterocycles. The van der Waals surface area contributed by atoms with Gasteiger partial charge >= 0.3 is 5.97 Å². The number of carbonyl (C=O) groups is 2. The van der Waals surface area contributed by atoms with E-state index in [9.17, 15) is 14.7 Å². The number of carbonyl (C=O) groups excluding carboxylic acids is 1. The molecule has 5 aliphatic heterocycles. The third-order valence-electron chi connectivity index (χ3n) is 12.6. The molecule has 2 N–H and O–H groups in total. The summed E-state index contributed by atoms with van der Waals surface area (Å²) < 4.78 is 0. The molecule has 1 fully saturated rings. The normalized spacial score (nSPS) is 24.7. The van der Waals surface area contributed by atoms with E-state index < -0.39 is 17.0 Å². The Bertz CT molecular complexity index is 2580. The maximum atomic E-state index is 12.1. The van der Waals surface area contributed by atoms with Gasteiger partial charge in [-0.05, 0) is 115 Å². The Balaban J connectivity index is 0.000000178. The van der Waals surface area contributed by atoms with Crippen LogP contribution in [-0.2, 0) is 20.7 Å². The van der Waals surface area contributed by atoms with E-state index in [2.05, 4.69) is 78.9 Å². The van der Waals surface area contributed by atoms with Crippen LogP contribution in [0.25, 0.3) is 0 Å². The minimum absolute atomic E-state index is 0.0312. The first-order valence-electron chi connectivity index (χ1n) is 21.3. The quantitative estimate of drug-likeness (QED) is 0.171. The number of piperazine rings is 1. The first kappa shape index (κ1) is 46.6. The lowest BCUT2D eigenvalue weighted by molar-refractivity contribution is -0.132. The topological polar surface area (TPSA) is 101 Å². The number of carboxylic acids is 1. The summed E-state index contributed by atoms with van der Waals surface area (Å²) in [6.45, 7) is 17.0. The van der Waals surface area contributed by atoms with Crippen LogP contribution in [0.2, 0.25) is 20.1 Å². The molecule has 1 amide bonds. The summed E-state index contributed by atoms with van der Waals surface area (Å²) >= 11 is 27.7. The van der Waals surface area contributed by atoms with Gasteiger partial charge in [-0.1, -0.05) is 134 Å². The molecule has 4 aromatic carbocycles. The highest BCUT2D eigenvalue weighted by atomic mass is 35.5. The molecule has 0 radical (unpaired) electrons. The Morgan fingerprint density at radius 3 is 1.48 bits per heavy atom. The molecule has 64 heavy (non-hydrogen) atoms. The molecular formula is C49H50Cl4N6O3S2. The lowest BCUT2D eigenvalue weighted by Gasteiger charge is -2.38. The second-order valence-corrected chi connectivity index (χ2v) is 21.3. The molecule has 334 valence electrons. The summed E-state index contributed by atoms with van der Waals surface area (Å²) in [5.41, 5.74) is 5.29. The van der Waals surface area contributed by atoms with E-state index >= 15 is 0 Å². The van der Waals surface area contributed by atoms with Crippen LogP contribution >= 0.6 is 69.9 Å². The molecule has 4 aromatic rings. The predicted octanol–water partition coefficient (Wildman–Crippen LogP) is 12.4. The number of benzene rings is 4. The molecule has 5 heterocycles. The van der Waals surface area contributed by atoms with Gasteiger partial charge in [-0.3, -0.25) is 9.69 Å². The van der Waals surface area contributed by atoms with E-state index in [1.165, 1.54) is 22.4 Å². The number of fused-ring (bicyclic) bond motifs is 2. The van der Waals surface area contributed by atoms with Crippen LogP contribution in [0.15, 0.2) is 128 Å². The van der Waals surface area contributed by atoms with Crippen LogP contribution in [0.4, 0.5) is 0 Å². The predicted molar refractivity (Wildman–Crippen MR) is 265 cm³/mol. The molecule has 1 unspecified atom stereocenters. The Morgan fingerprint density at radius 1 is 0.672 bits per heavy atom. The number of amides is 1. The third-order valence-corrected chi connectivity index (χ3v) is 15.9. The molecule has 9 rings (SSSR count). The number of hydrogen-bond donors (Lipinski definition) is 2. The standard InChI is InChI=1S/C27H30Cl2N4OS.C22H20Cl2N2O2S/c1-16(2)23-24(17(3)32-14-13-30-22(34)15-32)35-26-31-27(4,19-7-11-21(29)12-8-19)25(33(23)26)18-5-9-20(28)10-6-18;1-12(2)17-18(20(27)28)29-21-25-22(3,14-6-10-16(24)11-7-14)19(26(17)21)13-4-8-15(23)9-5-13/h5-12,16-17,25H,13-15H2,1-4H3,(H,30,34);4-12,19H,1-3H3,(H,27,28)/t17?,25-,27+;19-,22+/m11/s1. The van der Waals surface area contributed by atoms with Gasteiger partial charge in [0.05, 0.1) is 18.6 Å². The van der Waals surface area contributed by atoms with E-state index in [0.29, 0.717) is 43.3 Å². The average molecular weight is 977 g/mol. The van der Waals surface area contributed by atoms with E-state index in [4.69, 9.17) is 56.4 Å². The van der Waals surface area contributed by atoms with Crippen molar-refractivity contribution in [2.24, 2.45) is 21.8 Å². The zero-order chi connectivity index (χ0) is 45.8. The summed E-state index contributed by atoms with van der Waals surface area (Å²) in [4.78, 5) is 42.9. The van der Waals surface area contributed by atoms with Crippen molar-refractivity contribution in [1.29, 1.82) is 0 Å². The number of carboxylic acid groups (broad SMARTS) is 1. The molecule has 5 atom stereocenters. The van der Waals surface area contributed by atoms with E-state index in [1.54, 1.807) is 11.8 Å². The molecule has 5 aliphatic rings. The summed E-state index contributed by atoms with van der Waals surface area (Å²) in [6.07, 6.45) is 0. The lowest BCUT2D eigenvalue weighted by atomic mass is 9.81. The molecular weight excluding hydrogens is 927 g/mol. The lowest BCUT2D eigenvalue weighted by Crippen LogP contribution is -2.51. The number of hydrogen-bond acceptors (Lipinski definition) is 9. The molecule has 0 aliphatic carbocycles. The van der Waals surface area contributed by atoms with E-state index in [-0.39, 0.29) is 35.9 Å². The second-order valence-electron chi connectivity index (χ2n) is 17.5. The number of aliphatic imine (C=N–C) groups is 2. The number of aliphatic carboxylic acids is 1. The Kier molecular flexibility index (Phi) is 13.4. The Morgan fingerprint density at radius 2 is 1.08 bits per heavy atom. The van der Waals surface area contributed by atoms with Gasteiger partial charge < -0.3 is 20.2 Å². The van der Waals surface area contributed by atoms with Gasteiger partial charge in [-0.15, -0.1) is 0 Å². The zero-order valence-corrected chi connectivity index (χ0v) is 41.2. The molecule has 15 heteroatoms. The van der Waals surface area contributed by atoms with Crippen molar-refractivity contribution < 1.29 is 14.7 Å². The van der Waals surface area contributed by atoms with Gasteiger partial charge in [0.15, 0.2) is 10.3 Å². The van der Waals surface area contributed by atoms with Crippen LogP contribution in [0.5, 0.6) is 0 Å². The van der Waals surface area contributed by atoms with Crippen molar-refractivity contribution in [1.82, 2.24) is 20.0 Å². The third kappa shape index (κ3) is 8.62. The zero-order valence-electron chi connectivity index (χ0n) is 36.6. The minimum atomic E-state index is -0.918. The van der Waals surface area contributed by atoms with E-state index in [0.717, 1.165) is 39.7 Å². The number of halogens is 4. The van der Waals surface area contributed by atoms with Gasteiger partial charge in [0.1, 0.15) is 16.0 Å². The van der Waals surface area contributed by atoms with Crippen LogP contribution in [0, 0.1) is 11.8 Å². The summed E-state index contributed by atoms with van der Waals surface area (Å²) in [7, 11) is 0. The van der Waals surface area contributed by atoms with Crippen molar-refractivity contribution in [2.75, 3.05) is 19.6 Å². The van der Waals surface area contributed by atoms with Gasteiger partial charge in [-0.25, -0.2) is 14.8 Å². The average Bonchev–Trinajstić information content (AvgIpc) is 3.97. The van der Waals surface area contributed by atoms with Gasteiger partial charge in [0.25, 0.3) is 0 Å². The maximum Gasteiger partial charge on any atom is 0.344 e. The van der Waals surface area contributed by atoms with Crippen LogP contribution in [0.3, 0.4) is 0 Å². The second kappa shape index (κ2) is 18.4. The number of allylic oxidation sites excluding steroid dienone is 2. The number of amidine groups is 2. The molecule has 0 saturated carbocycles. The minimum Gasteiger partial charge on any atom is -0.477 e. The molecule has 0 bridgehead atoms. The molecule has 0 aromatic heterocycles. The summed E-state index contributed by atoms with van der Waals surface area (Å²) in [5, 5.41) is 17.2. The highest BCUT2D eigenvalue weighted by Gasteiger charge is 2.54. The van der Waals surface area contributed by atoms with Gasteiger partial charge in [-0.2, -0.15) is 0 Å². The number of thioether (sulfide) groups is 2. The first-order valence-corrected chi connectivity index (χ1v) is 24.4. The van der Waals surface area contributed by atoms with Crippen molar-refractivity contribution in [3.05, 3.63) is 161 Å². The molecule has 9 nitrogen and oxygen atoms in total. The van der Waals surface area contributed by atoms with Crippen LogP contribution in [0.1, 0.15) is 82.8 Å². The van der Waals surface area contributed by atoms with E-state index in [1.807, 2.05) is 86.6 Å². The van der Waals surface area contributed by atoms with Gasteiger partial charge in [0, 0.05) is 55.5 Å². The monoisotopic (exact) mass is 974 g/mol. The first-order chi connectivity index (χ1) is 30.4. The Labute approximate surface area is 404 Å². The van der Waals surface area contributed by atoms with Crippen LogP contribution < -0.4 is 5.32 Å². The number of rotatable bonds is 9. The highest BCUT2D eigenvalue weighted by Crippen LogP contribution is 2.58.